The molecule has 168 valence electrons. The van der Waals surface area contributed by atoms with Gasteiger partial charge >= 0.3 is 6.18 Å². The number of nitrogens with one attached hydrogen (secondary N) is 1. The van der Waals surface area contributed by atoms with Crippen molar-refractivity contribution in [1.29, 1.82) is 0 Å². The van der Waals surface area contributed by atoms with Crippen LogP contribution in [0.3, 0.4) is 0 Å². The largest absolute Gasteiger partial charge is 0.494 e. The van der Waals surface area contributed by atoms with Crippen molar-refractivity contribution in [1.82, 2.24) is 9.78 Å². The van der Waals surface area contributed by atoms with Crippen LogP contribution in [0.2, 0.25) is 5.02 Å². The third kappa shape index (κ3) is 5.28. The van der Waals surface area contributed by atoms with Crippen LogP contribution in [0.15, 0.2) is 59.4 Å². The number of carbonyl (C=O) groups excluding carboxylic acids is 1. The quantitative estimate of drug-likeness (QED) is 0.544. The van der Waals surface area contributed by atoms with Crippen LogP contribution in [0, 0.1) is 0 Å². The van der Waals surface area contributed by atoms with Crippen LogP contribution in [-0.2, 0) is 11.0 Å². The molecule has 0 bridgehead atoms. The predicted molar refractivity (Wildman–Crippen MR) is 115 cm³/mol. The van der Waals surface area contributed by atoms with Crippen LogP contribution in [-0.4, -0.2) is 22.3 Å². The summed E-state index contributed by atoms with van der Waals surface area (Å²) < 4.78 is 45.3. The molecule has 2 aromatic carbocycles. The highest BCUT2D eigenvalue weighted by molar-refractivity contribution is 6.33. The molecule has 3 aromatic rings. The molecule has 1 heterocycles. The molecule has 10 heteroatoms. The van der Waals surface area contributed by atoms with Crippen LogP contribution >= 0.6 is 11.6 Å². The zero-order valence-corrected chi connectivity index (χ0v) is 17.9. The third-order valence-corrected chi connectivity index (χ3v) is 4.91. The van der Waals surface area contributed by atoms with E-state index in [-0.39, 0.29) is 10.7 Å². The van der Waals surface area contributed by atoms with Gasteiger partial charge < -0.3 is 10.1 Å². The number of nitrogens with zero attached hydrogens (tertiary/aromatic N) is 2. The Morgan fingerprint density at radius 3 is 2.47 bits per heavy atom. The van der Waals surface area contributed by atoms with E-state index in [1.54, 1.807) is 24.3 Å². The maximum atomic E-state index is 13.0. The number of amides is 1. The highest BCUT2D eigenvalue weighted by Gasteiger charge is 2.31. The number of carbonyl (C=O) groups is 1. The molecular weight excluding hydrogens is 447 g/mol. The number of aromatic nitrogens is 2. The standard InChI is InChI=1S/C22H19ClF3N3O3/c1-3-32-16-7-4-14(5-8-16)18-10-11-20(30)29(28-18)13(2)21(31)27-19-12-15(22(24,25)26)6-9-17(19)23/h4-13H,3H2,1-2H3,(H,27,31). The van der Waals surface area contributed by atoms with Gasteiger partial charge in [-0.1, -0.05) is 11.6 Å². The van der Waals surface area contributed by atoms with E-state index >= 15 is 0 Å². The smallest absolute Gasteiger partial charge is 0.416 e. The minimum absolute atomic E-state index is 0.0676. The number of hydrogen-bond donors (Lipinski definition) is 1. The Balaban J connectivity index is 1.86. The van der Waals surface area contributed by atoms with Crippen molar-refractivity contribution in [2.45, 2.75) is 26.1 Å². The molecule has 0 radical (unpaired) electrons. The van der Waals surface area contributed by atoms with Crippen molar-refractivity contribution in [3.63, 3.8) is 0 Å². The molecule has 1 N–H and O–H groups in total. The fraction of sp³-hybridized carbons (Fsp3) is 0.227. The fourth-order valence-corrected chi connectivity index (χ4v) is 3.06. The molecule has 0 saturated heterocycles. The summed E-state index contributed by atoms with van der Waals surface area (Å²) in [5.41, 5.74) is -0.593. The van der Waals surface area contributed by atoms with E-state index in [0.29, 0.717) is 23.6 Å². The second-order valence-electron chi connectivity index (χ2n) is 6.82. The average molecular weight is 466 g/mol. The molecule has 0 saturated carbocycles. The molecule has 1 amide bonds. The Hall–Kier alpha value is -3.33. The van der Waals surface area contributed by atoms with Gasteiger partial charge in [0.1, 0.15) is 11.8 Å². The predicted octanol–water partition coefficient (Wildman–Crippen LogP) is 5.18. The van der Waals surface area contributed by atoms with E-state index in [2.05, 4.69) is 10.4 Å². The van der Waals surface area contributed by atoms with Crippen molar-refractivity contribution < 1.29 is 22.7 Å². The van der Waals surface area contributed by atoms with Crippen molar-refractivity contribution in [2.24, 2.45) is 0 Å². The molecule has 0 aliphatic carbocycles. The molecule has 1 unspecified atom stereocenters. The van der Waals surface area contributed by atoms with Crippen LogP contribution in [0.5, 0.6) is 5.75 Å². The molecule has 0 aliphatic rings. The Kier molecular flexibility index (Phi) is 6.88. The molecule has 1 aromatic heterocycles. The minimum Gasteiger partial charge on any atom is -0.494 e. The summed E-state index contributed by atoms with van der Waals surface area (Å²) in [7, 11) is 0. The van der Waals surface area contributed by atoms with Crippen LogP contribution in [0.1, 0.15) is 25.5 Å². The minimum atomic E-state index is -4.60. The van der Waals surface area contributed by atoms with E-state index in [1.165, 1.54) is 19.1 Å². The number of hydrogen-bond acceptors (Lipinski definition) is 4. The Bertz CT molecular complexity index is 1180. The summed E-state index contributed by atoms with van der Waals surface area (Å²) in [6, 6.07) is 11.3. The van der Waals surface area contributed by atoms with Gasteiger partial charge in [-0.15, -0.1) is 0 Å². The monoisotopic (exact) mass is 465 g/mol. The van der Waals surface area contributed by atoms with E-state index < -0.39 is 29.2 Å². The molecule has 32 heavy (non-hydrogen) atoms. The first-order valence-electron chi connectivity index (χ1n) is 9.61. The topological polar surface area (TPSA) is 73.2 Å². The van der Waals surface area contributed by atoms with Gasteiger partial charge in [0, 0.05) is 11.6 Å². The van der Waals surface area contributed by atoms with Gasteiger partial charge in [0.25, 0.3) is 5.56 Å². The lowest BCUT2D eigenvalue weighted by molar-refractivity contribution is -0.137. The third-order valence-electron chi connectivity index (χ3n) is 4.58. The van der Waals surface area contributed by atoms with Gasteiger partial charge in [-0.3, -0.25) is 9.59 Å². The first kappa shape index (κ1) is 23.3. The highest BCUT2D eigenvalue weighted by Crippen LogP contribution is 2.34. The van der Waals surface area contributed by atoms with Crippen LogP contribution in [0.4, 0.5) is 18.9 Å². The lowest BCUT2D eigenvalue weighted by atomic mass is 10.1. The number of benzene rings is 2. The first-order valence-corrected chi connectivity index (χ1v) is 9.98. The van der Waals surface area contributed by atoms with Gasteiger partial charge in [-0.25, -0.2) is 4.68 Å². The van der Waals surface area contributed by atoms with E-state index in [1.807, 2.05) is 6.92 Å². The summed E-state index contributed by atoms with van der Waals surface area (Å²) in [6.07, 6.45) is -4.60. The van der Waals surface area contributed by atoms with Crippen molar-refractivity contribution in [3.05, 3.63) is 75.5 Å². The summed E-state index contributed by atoms with van der Waals surface area (Å²) >= 11 is 5.94. The Labute approximate surface area is 186 Å². The van der Waals surface area contributed by atoms with E-state index in [9.17, 15) is 22.8 Å². The summed E-state index contributed by atoms with van der Waals surface area (Å²) in [5.74, 6) is -0.0695. The molecule has 0 spiro atoms. The summed E-state index contributed by atoms with van der Waals surface area (Å²) in [6.45, 7) is 3.79. The zero-order chi connectivity index (χ0) is 23.5. The number of halogens is 4. The summed E-state index contributed by atoms with van der Waals surface area (Å²) in [5, 5.41) is 6.52. The molecule has 0 aliphatic heterocycles. The maximum Gasteiger partial charge on any atom is 0.416 e. The zero-order valence-electron chi connectivity index (χ0n) is 17.1. The molecule has 6 nitrogen and oxygen atoms in total. The number of anilines is 1. The van der Waals surface area contributed by atoms with Gasteiger partial charge in [0.2, 0.25) is 5.91 Å². The van der Waals surface area contributed by atoms with Gasteiger partial charge in [0.05, 0.1) is 28.6 Å². The van der Waals surface area contributed by atoms with Crippen molar-refractivity contribution >= 4 is 23.2 Å². The fourth-order valence-electron chi connectivity index (χ4n) is 2.89. The van der Waals surface area contributed by atoms with Crippen molar-refractivity contribution in [2.75, 3.05) is 11.9 Å². The van der Waals surface area contributed by atoms with Crippen LogP contribution < -0.4 is 15.6 Å². The molecule has 3 rings (SSSR count). The Morgan fingerprint density at radius 1 is 1.16 bits per heavy atom. The van der Waals surface area contributed by atoms with Crippen molar-refractivity contribution in [3.8, 4) is 17.0 Å². The second kappa shape index (κ2) is 9.44. The average Bonchev–Trinajstić information content (AvgIpc) is 2.75. The lowest BCUT2D eigenvalue weighted by Crippen LogP contribution is -2.33. The van der Waals surface area contributed by atoms with Gasteiger partial charge in [-0.05, 0) is 62.4 Å². The highest BCUT2D eigenvalue weighted by atomic mass is 35.5. The first-order chi connectivity index (χ1) is 15.1. The van der Waals surface area contributed by atoms with E-state index in [4.69, 9.17) is 16.3 Å². The molecule has 1 atom stereocenters. The van der Waals surface area contributed by atoms with Gasteiger partial charge in [-0.2, -0.15) is 18.3 Å². The SMILES string of the molecule is CCOc1ccc(-c2ccc(=O)n(C(C)C(=O)Nc3cc(C(F)(F)F)ccc3Cl)n2)cc1. The number of alkyl halides is 3. The molecular formula is C22H19ClF3N3O3. The normalized spacial score (nSPS) is 12.3. The molecule has 0 fully saturated rings. The Morgan fingerprint density at radius 2 is 1.84 bits per heavy atom. The van der Waals surface area contributed by atoms with Gasteiger partial charge in [0.15, 0.2) is 0 Å². The number of rotatable bonds is 6. The van der Waals surface area contributed by atoms with E-state index in [0.717, 1.165) is 22.9 Å². The number of ether oxygens (including phenoxy) is 1. The second-order valence-corrected chi connectivity index (χ2v) is 7.22. The maximum absolute atomic E-state index is 13.0. The lowest BCUT2D eigenvalue weighted by Gasteiger charge is -2.16. The summed E-state index contributed by atoms with van der Waals surface area (Å²) in [4.78, 5) is 25.0. The van der Waals surface area contributed by atoms with Crippen LogP contribution in [0.25, 0.3) is 11.3 Å².